The molecule has 1 atom stereocenters. The maximum atomic E-state index is 5.36. The maximum absolute atomic E-state index is 5.36. The molecule has 1 unspecified atom stereocenters. The van der Waals surface area contributed by atoms with Crippen molar-refractivity contribution >= 4 is 0 Å². The van der Waals surface area contributed by atoms with Crippen LogP contribution >= 0.6 is 0 Å². The Morgan fingerprint density at radius 2 is 1.94 bits per heavy atom. The van der Waals surface area contributed by atoms with Gasteiger partial charge in [0.05, 0.1) is 13.2 Å². The van der Waals surface area contributed by atoms with E-state index in [9.17, 15) is 0 Å². The summed E-state index contributed by atoms with van der Waals surface area (Å²) in [6.45, 7) is 10.2. The van der Waals surface area contributed by atoms with Crippen molar-refractivity contribution in [1.29, 1.82) is 0 Å². The molecule has 2 heteroatoms. The van der Waals surface area contributed by atoms with Crippen LogP contribution < -0.4 is 0 Å². The zero-order valence-corrected chi connectivity index (χ0v) is 10.9. The molecule has 2 aliphatic rings. The largest absolute Gasteiger partial charge is 0.379 e. The Morgan fingerprint density at radius 3 is 2.62 bits per heavy atom. The van der Waals surface area contributed by atoms with Crippen molar-refractivity contribution in [1.82, 2.24) is 4.90 Å². The average molecular weight is 223 g/mol. The van der Waals surface area contributed by atoms with Gasteiger partial charge in [-0.2, -0.15) is 0 Å². The molecule has 1 heterocycles. The van der Waals surface area contributed by atoms with E-state index in [2.05, 4.69) is 30.1 Å². The van der Waals surface area contributed by atoms with Crippen LogP contribution in [-0.2, 0) is 4.74 Å². The fourth-order valence-corrected chi connectivity index (χ4v) is 2.12. The van der Waals surface area contributed by atoms with Crippen LogP contribution in [0.5, 0.6) is 0 Å². The van der Waals surface area contributed by atoms with E-state index < -0.39 is 0 Å². The Hall–Kier alpha value is -0.600. The van der Waals surface area contributed by atoms with Crippen molar-refractivity contribution < 1.29 is 4.74 Å². The summed E-state index contributed by atoms with van der Waals surface area (Å²) in [5.74, 6) is 0. The van der Waals surface area contributed by atoms with E-state index in [0.29, 0.717) is 6.04 Å². The average Bonchev–Trinajstić information content (AvgIpc) is 2.58. The van der Waals surface area contributed by atoms with Crippen LogP contribution in [0.1, 0.15) is 33.6 Å². The fraction of sp³-hybridized carbons (Fsp3) is 0.714. The molecule has 0 spiro atoms. The van der Waals surface area contributed by atoms with Crippen LogP contribution in [-0.4, -0.2) is 37.2 Å². The smallest absolute Gasteiger partial charge is 0.0594 e. The van der Waals surface area contributed by atoms with Gasteiger partial charge in [0.25, 0.3) is 0 Å². The van der Waals surface area contributed by atoms with Crippen molar-refractivity contribution in [2.75, 3.05) is 26.3 Å². The first-order valence-corrected chi connectivity index (χ1v) is 6.53. The molecule has 1 aliphatic heterocycles. The second-order valence-electron chi connectivity index (χ2n) is 4.10. The van der Waals surface area contributed by atoms with E-state index >= 15 is 0 Å². The molecule has 92 valence electrons. The molecular formula is C14H25NO. The lowest BCUT2D eigenvalue weighted by Crippen LogP contribution is -2.42. The molecule has 0 radical (unpaired) electrons. The SMILES string of the molecule is CC.CC1=CCCC(N2CCOCC2)C=C1. The summed E-state index contributed by atoms with van der Waals surface area (Å²) in [6.07, 6.45) is 9.41. The van der Waals surface area contributed by atoms with E-state index in [4.69, 9.17) is 4.74 Å². The first-order chi connectivity index (χ1) is 7.86. The summed E-state index contributed by atoms with van der Waals surface area (Å²) < 4.78 is 5.36. The minimum atomic E-state index is 0.632. The lowest BCUT2D eigenvalue weighted by molar-refractivity contribution is 0.0245. The van der Waals surface area contributed by atoms with Crippen molar-refractivity contribution in [2.24, 2.45) is 0 Å². The first-order valence-electron chi connectivity index (χ1n) is 6.53. The third-order valence-electron chi connectivity index (χ3n) is 3.02. The number of hydrogen-bond acceptors (Lipinski definition) is 2. The second-order valence-corrected chi connectivity index (χ2v) is 4.10. The van der Waals surface area contributed by atoms with Gasteiger partial charge in [0.2, 0.25) is 0 Å². The summed E-state index contributed by atoms with van der Waals surface area (Å²) in [4.78, 5) is 2.53. The highest BCUT2D eigenvalue weighted by molar-refractivity contribution is 5.20. The Labute approximate surface area is 100.0 Å². The van der Waals surface area contributed by atoms with E-state index in [1.54, 1.807) is 0 Å². The predicted octanol–water partition coefficient (Wildman–Crippen LogP) is 3.01. The number of allylic oxidation sites excluding steroid dienone is 3. The van der Waals surface area contributed by atoms with Crippen LogP contribution in [0.15, 0.2) is 23.8 Å². The molecule has 16 heavy (non-hydrogen) atoms. The van der Waals surface area contributed by atoms with Gasteiger partial charge in [-0.25, -0.2) is 0 Å². The lowest BCUT2D eigenvalue weighted by atomic mass is 10.1. The highest BCUT2D eigenvalue weighted by Crippen LogP contribution is 2.16. The van der Waals surface area contributed by atoms with Gasteiger partial charge in [0.15, 0.2) is 0 Å². The zero-order chi connectivity index (χ0) is 11.8. The Kier molecular flexibility index (Phi) is 6.43. The van der Waals surface area contributed by atoms with Crippen molar-refractivity contribution in [3.8, 4) is 0 Å². The summed E-state index contributed by atoms with van der Waals surface area (Å²) >= 11 is 0. The van der Waals surface area contributed by atoms with Gasteiger partial charge in [-0.05, 0) is 19.8 Å². The summed E-state index contributed by atoms with van der Waals surface area (Å²) in [7, 11) is 0. The molecule has 2 nitrogen and oxygen atoms in total. The van der Waals surface area contributed by atoms with Crippen LogP contribution in [0.25, 0.3) is 0 Å². The number of morpholine rings is 1. The lowest BCUT2D eigenvalue weighted by Gasteiger charge is -2.32. The van der Waals surface area contributed by atoms with Crippen molar-refractivity contribution in [2.45, 2.75) is 39.7 Å². The van der Waals surface area contributed by atoms with Gasteiger partial charge in [0.1, 0.15) is 0 Å². The first kappa shape index (κ1) is 13.5. The number of ether oxygens (including phenoxy) is 1. The highest BCUT2D eigenvalue weighted by atomic mass is 16.5. The standard InChI is InChI=1S/C12H19NO.C2H6/c1-11-3-2-4-12(6-5-11)13-7-9-14-10-8-13;1-2/h3,5-6,12H,2,4,7-10H2,1H3;1-2H3. The van der Waals surface area contributed by atoms with Crippen LogP contribution in [0.2, 0.25) is 0 Å². The van der Waals surface area contributed by atoms with Gasteiger partial charge in [0, 0.05) is 19.1 Å². The molecule has 0 aromatic carbocycles. The van der Waals surface area contributed by atoms with Crippen LogP contribution in [0, 0.1) is 0 Å². The summed E-state index contributed by atoms with van der Waals surface area (Å²) in [6, 6.07) is 0.632. The van der Waals surface area contributed by atoms with Gasteiger partial charge in [-0.1, -0.05) is 37.6 Å². The molecule has 0 saturated carbocycles. The molecule has 0 amide bonds. The third-order valence-corrected chi connectivity index (χ3v) is 3.02. The molecule has 1 aliphatic carbocycles. The number of nitrogens with zero attached hydrogens (tertiary/aromatic N) is 1. The van der Waals surface area contributed by atoms with E-state index in [0.717, 1.165) is 26.3 Å². The molecule has 0 aromatic rings. The molecule has 0 aromatic heterocycles. The predicted molar refractivity (Wildman–Crippen MR) is 69.7 cm³/mol. The highest BCUT2D eigenvalue weighted by Gasteiger charge is 2.18. The molecule has 0 bridgehead atoms. The van der Waals surface area contributed by atoms with Gasteiger partial charge >= 0.3 is 0 Å². The third kappa shape index (κ3) is 4.11. The molecular weight excluding hydrogens is 198 g/mol. The Balaban J connectivity index is 0.000000606. The van der Waals surface area contributed by atoms with Crippen molar-refractivity contribution in [3.05, 3.63) is 23.8 Å². The molecule has 0 N–H and O–H groups in total. The van der Waals surface area contributed by atoms with Crippen LogP contribution in [0.4, 0.5) is 0 Å². The quantitative estimate of drug-likeness (QED) is 0.677. The second kappa shape index (κ2) is 7.64. The van der Waals surface area contributed by atoms with E-state index in [1.807, 2.05) is 13.8 Å². The fourth-order valence-electron chi connectivity index (χ4n) is 2.12. The number of rotatable bonds is 1. The minimum Gasteiger partial charge on any atom is -0.379 e. The van der Waals surface area contributed by atoms with Crippen LogP contribution in [0.3, 0.4) is 0 Å². The topological polar surface area (TPSA) is 12.5 Å². The normalized spacial score (nSPS) is 26.4. The Morgan fingerprint density at radius 1 is 1.25 bits per heavy atom. The minimum absolute atomic E-state index is 0.632. The van der Waals surface area contributed by atoms with E-state index in [-0.39, 0.29) is 0 Å². The van der Waals surface area contributed by atoms with E-state index in [1.165, 1.54) is 18.4 Å². The monoisotopic (exact) mass is 223 g/mol. The molecule has 1 fully saturated rings. The summed E-state index contributed by atoms with van der Waals surface area (Å²) in [5.41, 5.74) is 1.40. The molecule has 1 saturated heterocycles. The zero-order valence-electron chi connectivity index (χ0n) is 10.9. The Bertz CT molecular complexity index is 239. The van der Waals surface area contributed by atoms with Gasteiger partial charge in [-0.3, -0.25) is 4.90 Å². The molecule has 2 rings (SSSR count). The van der Waals surface area contributed by atoms with Gasteiger partial charge < -0.3 is 4.74 Å². The summed E-state index contributed by atoms with van der Waals surface area (Å²) in [5, 5.41) is 0. The maximum Gasteiger partial charge on any atom is 0.0594 e. The number of hydrogen-bond donors (Lipinski definition) is 0. The van der Waals surface area contributed by atoms with Crippen molar-refractivity contribution in [3.63, 3.8) is 0 Å². The van der Waals surface area contributed by atoms with Gasteiger partial charge in [-0.15, -0.1) is 0 Å².